The molecule has 3 aromatic heterocycles. The third-order valence-electron chi connectivity index (χ3n) is 2.71. The Morgan fingerprint density at radius 3 is 3.05 bits per heavy atom. The van der Waals surface area contributed by atoms with Crippen LogP contribution in [0.3, 0.4) is 0 Å². The molecular formula is C13H13N5O2S. The van der Waals surface area contributed by atoms with Crippen molar-refractivity contribution >= 4 is 23.3 Å². The third kappa shape index (κ3) is 2.89. The van der Waals surface area contributed by atoms with Gasteiger partial charge in [-0.2, -0.15) is 9.61 Å². The third-order valence-corrected chi connectivity index (χ3v) is 3.63. The number of amides is 1. The molecule has 108 valence electrons. The second kappa shape index (κ2) is 5.96. The minimum absolute atomic E-state index is 0.0403. The fourth-order valence-corrected chi connectivity index (χ4v) is 2.51. The summed E-state index contributed by atoms with van der Waals surface area (Å²) in [5.74, 6) is 0.910. The maximum absolute atomic E-state index is 11.5. The lowest BCUT2D eigenvalue weighted by Gasteiger charge is -2.01. The van der Waals surface area contributed by atoms with E-state index in [-0.39, 0.29) is 11.7 Å². The second-order valence-electron chi connectivity index (χ2n) is 4.19. The molecule has 1 N–H and O–H groups in total. The molecule has 1 amide bonds. The minimum atomic E-state index is -0.0403. The van der Waals surface area contributed by atoms with E-state index in [1.807, 2.05) is 25.1 Å². The summed E-state index contributed by atoms with van der Waals surface area (Å²) in [7, 11) is 0. The van der Waals surface area contributed by atoms with Crippen LogP contribution in [-0.4, -0.2) is 38.0 Å². The molecular weight excluding hydrogens is 290 g/mol. The van der Waals surface area contributed by atoms with Crippen molar-refractivity contribution < 1.29 is 9.21 Å². The fourth-order valence-electron chi connectivity index (χ4n) is 1.79. The van der Waals surface area contributed by atoms with Crippen molar-refractivity contribution in [2.75, 3.05) is 12.3 Å². The maximum atomic E-state index is 11.5. The number of hydrogen-bond donors (Lipinski definition) is 1. The normalized spacial score (nSPS) is 10.9. The summed E-state index contributed by atoms with van der Waals surface area (Å²) in [6, 6.07) is 7.27. The number of thioether (sulfide) groups is 1. The van der Waals surface area contributed by atoms with Crippen LogP contribution in [0, 0.1) is 0 Å². The lowest BCUT2D eigenvalue weighted by Crippen LogP contribution is -2.24. The summed E-state index contributed by atoms with van der Waals surface area (Å²) < 4.78 is 6.94. The Kier molecular flexibility index (Phi) is 3.87. The molecule has 0 radical (unpaired) electrons. The smallest absolute Gasteiger partial charge is 0.230 e. The Morgan fingerprint density at radius 1 is 1.38 bits per heavy atom. The van der Waals surface area contributed by atoms with Gasteiger partial charge in [-0.05, 0) is 31.2 Å². The zero-order valence-corrected chi connectivity index (χ0v) is 12.1. The Hall–Kier alpha value is -2.35. The number of nitrogens with zero attached hydrogens (tertiary/aromatic N) is 4. The van der Waals surface area contributed by atoms with Crippen LogP contribution >= 0.6 is 11.8 Å². The van der Waals surface area contributed by atoms with Gasteiger partial charge < -0.3 is 9.73 Å². The van der Waals surface area contributed by atoms with Crippen LogP contribution in [0.4, 0.5) is 0 Å². The quantitative estimate of drug-likeness (QED) is 0.721. The number of rotatable bonds is 5. The Bertz CT molecular complexity index is 753. The Balaban J connectivity index is 1.86. The molecule has 0 aliphatic rings. The van der Waals surface area contributed by atoms with Crippen molar-refractivity contribution in [3.8, 4) is 11.5 Å². The van der Waals surface area contributed by atoms with E-state index >= 15 is 0 Å². The highest BCUT2D eigenvalue weighted by Crippen LogP contribution is 2.20. The first kappa shape index (κ1) is 13.6. The average Bonchev–Trinajstić information content (AvgIpc) is 3.14. The predicted octanol–water partition coefficient (Wildman–Crippen LogP) is 1.61. The summed E-state index contributed by atoms with van der Waals surface area (Å²) in [5, 5.41) is 15.8. The summed E-state index contributed by atoms with van der Waals surface area (Å²) >= 11 is 1.29. The van der Waals surface area contributed by atoms with Gasteiger partial charge in [0.25, 0.3) is 0 Å². The van der Waals surface area contributed by atoms with Crippen molar-refractivity contribution in [2.45, 2.75) is 12.1 Å². The molecule has 8 heteroatoms. The monoisotopic (exact) mass is 303 g/mol. The molecule has 0 aliphatic carbocycles. The van der Waals surface area contributed by atoms with Crippen molar-refractivity contribution in [2.24, 2.45) is 0 Å². The van der Waals surface area contributed by atoms with Gasteiger partial charge in [0, 0.05) is 6.54 Å². The largest absolute Gasteiger partial charge is 0.463 e. The zero-order chi connectivity index (χ0) is 14.7. The topological polar surface area (TPSA) is 85.3 Å². The minimum Gasteiger partial charge on any atom is -0.463 e. The van der Waals surface area contributed by atoms with E-state index in [0.29, 0.717) is 28.8 Å². The molecule has 0 saturated heterocycles. The summed E-state index contributed by atoms with van der Waals surface area (Å²) in [4.78, 5) is 11.5. The van der Waals surface area contributed by atoms with Crippen molar-refractivity contribution in [1.82, 2.24) is 25.1 Å². The first-order valence-electron chi connectivity index (χ1n) is 6.44. The number of hydrogen-bond acceptors (Lipinski definition) is 6. The van der Waals surface area contributed by atoms with Crippen molar-refractivity contribution in [3.05, 3.63) is 30.5 Å². The molecule has 3 rings (SSSR count). The maximum Gasteiger partial charge on any atom is 0.230 e. The molecule has 0 bridgehead atoms. The van der Waals surface area contributed by atoms with Crippen molar-refractivity contribution in [1.29, 1.82) is 0 Å². The van der Waals surface area contributed by atoms with Gasteiger partial charge >= 0.3 is 0 Å². The molecule has 0 atom stereocenters. The highest BCUT2D eigenvalue weighted by atomic mass is 32.2. The van der Waals surface area contributed by atoms with Gasteiger partial charge in [0.15, 0.2) is 11.4 Å². The molecule has 0 aliphatic heterocycles. The van der Waals surface area contributed by atoms with Crippen LogP contribution in [0.25, 0.3) is 17.1 Å². The van der Waals surface area contributed by atoms with Gasteiger partial charge in [-0.15, -0.1) is 10.2 Å². The standard InChI is InChI=1S/C13H13N5O2S/c1-2-14-12(19)8-21-13-16-15-11-6-5-9(17-18(11)13)10-4-3-7-20-10/h3-7H,2,8H2,1H3,(H,14,19). The molecule has 0 aromatic carbocycles. The highest BCUT2D eigenvalue weighted by molar-refractivity contribution is 7.99. The first-order valence-corrected chi connectivity index (χ1v) is 7.42. The van der Waals surface area contributed by atoms with Gasteiger partial charge in [-0.1, -0.05) is 11.8 Å². The molecule has 0 unspecified atom stereocenters. The SMILES string of the molecule is CCNC(=O)CSc1nnc2ccc(-c3ccco3)nn12. The van der Waals surface area contributed by atoms with Crippen LogP contribution in [0.2, 0.25) is 0 Å². The van der Waals surface area contributed by atoms with E-state index in [2.05, 4.69) is 20.6 Å². The lowest BCUT2D eigenvalue weighted by atomic mass is 10.3. The Morgan fingerprint density at radius 2 is 2.29 bits per heavy atom. The number of aromatic nitrogens is 4. The van der Waals surface area contributed by atoms with E-state index in [1.165, 1.54) is 11.8 Å². The molecule has 7 nitrogen and oxygen atoms in total. The molecule has 0 spiro atoms. The number of carbonyl (C=O) groups is 1. The van der Waals surface area contributed by atoms with Gasteiger partial charge in [0.1, 0.15) is 5.69 Å². The lowest BCUT2D eigenvalue weighted by molar-refractivity contribution is -0.118. The summed E-state index contributed by atoms with van der Waals surface area (Å²) in [6.07, 6.45) is 1.60. The van der Waals surface area contributed by atoms with Gasteiger partial charge in [-0.3, -0.25) is 4.79 Å². The predicted molar refractivity (Wildman–Crippen MR) is 77.9 cm³/mol. The van der Waals surface area contributed by atoms with E-state index in [9.17, 15) is 4.79 Å². The van der Waals surface area contributed by atoms with Crippen LogP contribution in [0.15, 0.2) is 40.1 Å². The van der Waals surface area contributed by atoms with Crippen LogP contribution in [0.1, 0.15) is 6.92 Å². The molecule has 3 aromatic rings. The van der Waals surface area contributed by atoms with E-state index < -0.39 is 0 Å². The van der Waals surface area contributed by atoms with Gasteiger partial charge in [0.2, 0.25) is 11.1 Å². The molecule has 0 saturated carbocycles. The zero-order valence-electron chi connectivity index (χ0n) is 11.3. The summed E-state index contributed by atoms with van der Waals surface area (Å²) in [6.45, 7) is 2.49. The second-order valence-corrected chi connectivity index (χ2v) is 5.13. The highest BCUT2D eigenvalue weighted by Gasteiger charge is 2.12. The molecule has 3 heterocycles. The molecule has 21 heavy (non-hydrogen) atoms. The number of nitrogens with one attached hydrogen (secondary N) is 1. The van der Waals surface area contributed by atoms with Gasteiger partial charge in [-0.25, -0.2) is 0 Å². The van der Waals surface area contributed by atoms with E-state index in [0.717, 1.165) is 0 Å². The van der Waals surface area contributed by atoms with Crippen LogP contribution in [-0.2, 0) is 4.79 Å². The van der Waals surface area contributed by atoms with E-state index in [1.54, 1.807) is 16.8 Å². The Labute approximate surface area is 124 Å². The van der Waals surface area contributed by atoms with Crippen LogP contribution in [0.5, 0.6) is 0 Å². The molecule has 0 fully saturated rings. The number of carbonyl (C=O) groups excluding carboxylic acids is 1. The summed E-state index contributed by atoms with van der Waals surface area (Å²) in [5.41, 5.74) is 1.32. The van der Waals surface area contributed by atoms with E-state index in [4.69, 9.17) is 4.42 Å². The average molecular weight is 303 g/mol. The van der Waals surface area contributed by atoms with Crippen molar-refractivity contribution in [3.63, 3.8) is 0 Å². The van der Waals surface area contributed by atoms with Gasteiger partial charge in [0.05, 0.1) is 12.0 Å². The first-order chi connectivity index (χ1) is 10.3. The number of fused-ring (bicyclic) bond motifs is 1. The fraction of sp³-hybridized carbons (Fsp3) is 0.231. The number of furan rings is 1. The van der Waals surface area contributed by atoms with Crippen LogP contribution < -0.4 is 5.32 Å².